The van der Waals surface area contributed by atoms with Crippen molar-refractivity contribution >= 4 is 23.7 Å². The molecule has 132 valence electrons. The molecule has 0 aliphatic carbocycles. The molecule has 0 spiro atoms. The van der Waals surface area contributed by atoms with E-state index in [1.54, 1.807) is 42.5 Å². The van der Waals surface area contributed by atoms with Crippen LogP contribution in [0.2, 0.25) is 0 Å². The number of nitrogens with zero attached hydrogens (tertiary/aromatic N) is 2. The Morgan fingerprint density at radius 1 is 0.923 bits per heavy atom. The van der Waals surface area contributed by atoms with Gasteiger partial charge in [-0.25, -0.2) is 4.79 Å². The number of benzene rings is 2. The monoisotopic (exact) mass is 358 g/mol. The van der Waals surface area contributed by atoms with Crippen LogP contribution < -0.4 is 4.90 Å². The van der Waals surface area contributed by atoms with Crippen LogP contribution in [-0.4, -0.2) is 28.6 Å². The summed E-state index contributed by atoms with van der Waals surface area (Å²) in [6.45, 7) is -0.219. The van der Waals surface area contributed by atoms with Crippen LogP contribution in [0.1, 0.15) is 11.1 Å². The highest BCUT2D eigenvalue weighted by molar-refractivity contribution is 6.20. The average Bonchev–Trinajstić information content (AvgIpc) is 2.85. The molecule has 0 saturated carbocycles. The Morgan fingerprint density at radius 2 is 1.58 bits per heavy atom. The number of hydrogen-bond acceptors (Lipinski definition) is 2. The van der Waals surface area contributed by atoms with Crippen molar-refractivity contribution in [3.63, 3.8) is 0 Å². The van der Waals surface area contributed by atoms with Gasteiger partial charge in [-0.05, 0) is 23.3 Å². The maximum absolute atomic E-state index is 14.0. The molecule has 1 unspecified atom stereocenters. The predicted octanol–water partition coefficient (Wildman–Crippen LogP) is 3.98. The van der Waals surface area contributed by atoms with E-state index in [9.17, 15) is 22.8 Å². The third-order valence-corrected chi connectivity index (χ3v) is 4.64. The largest absolute Gasteiger partial charge is 0.425 e. The van der Waals surface area contributed by atoms with Gasteiger partial charge in [0.25, 0.3) is 5.91 Å². The zero-order chi connectivity index (χ0) is 18.5. The van der Waals surface area contributed by atoms with Gasteiger partial charge in [-0.15, -0.1) is 0 Å². The highest BCUT2D eigenvalue weighted by Gasteiger charge is 2.71. The van der Waals surface area contributed by atoms with E-state index >= 15 is 0 Å². The summed E-state index contributed by atoms with van der Waals surface area (Å²) < 4.78 is 42.1. The van der Waals surface area contributed by atoms with Crippen molar-refractivity contribution in [2.75, 3.05) is 4.90 Å². The van der Waals surface area contributed by atoms with E-state index in [1.807, 2.05) is 0 Å². The number of anilines is 1. The van der Waals surface area contributed by atoms with E-state index < -0.39 is 23.7 Å². The average molecular weight is 358 g/mol. The van der Waals surface area contributed by atoms with Gasteiger partial charge >= 0.3 is 12.2 Å². The molecule has 0 bridgehead atoms. The van der Waals surface area contributed by atoms with E-state index in [4.69, 9.17) is 0 Å². The summed E-state index contributed by atoms with van der Waals surface area (Å²) >= 11 is 0. The molecule has 4 nitrogen and oxygen atoms in total. The second kappa shape index (κ2) is 5.45. The van der Waals surface area contributed by atoms with Crippen LogP contribution in [0.4, 0.5) is 23.7 Å². The Morgan fingerprint density at radius 3 is 2.27 bits per heavy atom. The van der Waals surface area contributed by atoms with Crippen LogP contribution in [0.15, 0.2) is 60.7 Å². The molecule has 2 aromatic carbocycles. The van der Waals surface area contributed by atoms with Crippen molar-refractivity contribution in [3.05, 3.63) is 71.8 Å². The maximum atomic E-state index is 14.0. The van der Waals surface area contributed by atoms with Crippen molar-refractivity contribution in [3.8, 4) is 0 Å². The SMILES string of the molecule is O=C1N(Cc2ccccc2)C(=O)C2(C(F)(F)F)C=Cc3ccccc3N12. The molecule has 2 heterocycles. The van der Waals surface area contributed by atoms with Crippen molar-refractivity contribution in [1.82, 2.24) is 4.90 Å². The quantitative estimate of drug-likeness (QED) is 0.762. The Bertz CT molecular complexity index is 924. The third kappa shape index (κ3) is 2.09. The molecule has 1 saturated heterocycles. The van der Waals surface area contributed by atoms with Gasteiger partial charge in [0.15, 0.2) is 0 Å². The molecule has 3 amide bonds. The number of fused-ring (bicyclic) bond motifs is 3. The Labute approximate surface area is 147 Å². The number of halogens is 3. The van der Waals surface area contributed by atoms with Crippen LogP contribution in [-0.2, 0) is 11.3 Å². The highest BCUT2D eigenvalue weighted by atomic mass is 19.4. The molecular formula is C19H13F3N2O2. The molecule has 1 fully saturated rings. The fourth-order valence-corrected chi connectivity index (χ4v) is 3.39. The first-order valence-corrected chi connectivity index (χ1v) is 7.91. The smallest absolute Gasteiger partial charge is 0.271 e. The Hall–Kier alpha value is -3.09. The minimum absolute atomic E-state index is 0.0706. The lowest BCUT2D eigenvalue weighted by Crippen LogP contribution is -2.60. The molecule has 0 aromatic heterocycles. The first-order chi connectivity index (χ1) is 12.4. The van der Waals surface area contributed by atoms with E-state index in [0.29, 0.717) is 20.9 Å². The zero-order valence-electron chi connectivity index (χ0n) is 13.4. The molecule has 2 aromatic rings. The normalized spacial score (nSPS) is 21.8. The molecule has 26 heavy (non-hydrogen) atoms. The van der Waals surface area contributed by atoms with E-state index in [2.05, 4.69) is 0 Å². The van der Waals surface area contributed by atoms with Gasteiger partial charge in [-0.3, -0.25) is 14.6 Å². The highest BCUT2D eigenvalue weighted by Crippen LogP contribution is 2.49. The van der Waals surface area contributed by atoms with Gasteiger partial charge in [0.05, 0.1) is 12.2 Å². The van der Waals surface area contributed by atoms with Gasteiger partial charge < -0.3 is 0 Å². The molecule has 4 rings (SSSR count). The number of urea groups is 1. The first kappa shape index (κ1) is 16.4. The molecule has 7 heteroatoms. The van der Waals surface area contributed by atoms with Crippen LogP contribution in [0, 0.1) is 0 Å². The number of amides is 3. The first-order valence-electron chi connectivity index (χ1n) is 7.91. The molecule has 1 atom stereocenters. The van der Waals surface area contributed by atoms with Crippen molar-refractivity contribution < 1.29 is 22.8 Å². The van der Waals surface area contributed by atoms with Crippen molar-refractivity contribution in [1.29, 1.82) is 0 Å². The maximum Gasteiger partial charge on any atom is 0.425 e. The summed E-state index contributed by atoms with van der Waals surface area (Å²) in [5.41, 5.74) is -1.91. The molecular weight excluding hydrogens is 345 g/mol. The number of carbonyl (C=O) groups is 2. The van der Waals surface area contributed by atoms with Crippen molar-refractivity contribution in [2.24, 2.45) is 0 Å². The second-order valence-electron chi connectivity index (χ2n) is 6.15. The molecule has 0 radical (unpaired) electrons. The number of para-hydroxylation sites is 1. The van der Waals surface area contributed by atoms with Crippen LogP contribution >= 0.6 is 0 Å². The van der Waals surface area contributed by atoms with Gasteiger partial charge in [-0.2, -0.15) is 13.2 Å². The summed E-state index contributed by atoms with van der Waals surface area (Å²) in [6.07, 6.45) is -2.92. The summed E-state index contributed by atoms with van der Waals surface area (Å²) in [5.74, 6) is -1.29. The number of alkyl halides is 3. The lowest BCUT2D eigenvalue weighted by Gasteiger charge is -2.37. The zero-order valence-corrected chi connectivity index (χ0v) is 13.4. The van der Waals surface area contributed by atoms with Crippen molar-refractivity contribution in [2.45, 2.75) is 18.3 Å². The molecule has 2 aliphatic heterocycles. The van der Waals surface area contributed by atoms with Crippen LogP contribution in [0.25, 0.3) is 6.08 Å². The summed E-state index contributed by atoms with van der Waals surface area (Å²) in [4.78, 5) is 26.9. The minimum Gasteiger partial charge on any atom is -0.271 e. The molecule has 0 N–H and O–H groups in total. The number of rotatable bonds is 2. The third-order valence-electron chi connectivity index (χ3n) is 4.64. The van der Waals surface area contributed by atoms with Gasteiger partial charge in [-0.1, -0.05) is 54.6 Å². The standard InChI is InChI=1S/C19H13F3N2O2/c20-19(21,22)18-11-10-14-8-4-5-9-15(14)24(18)17(26)23(16(18)25)12-13-6-2-1-3-7-13/h1-11H,12H2. The van der Waals surface area contributed by atoms with Crippen LogP contribution in [0.3, 0.4) is 0 Å². The van der Waals surface area contributed by atoms with Gasteiger partial charge in [0, 0.05) is 0 Å². The topological polar surface area (TPSA) is 40.6 Å². The minimum atomic E-state index is -4.95. The lowest BCUT2D eigenvalue weighted by molar-refractivity contribution is -0.179. The Kier molecular flexibility index (Phi) is 3.44. The van der Waals surface area contributed by atoms with Gasteiger partial charge in [0.2, 0.25) is 5.54 Å². The summed E-state index contributed by atoms with van der Waals surface area (Å²) in [5, 5.41) is 0. The van der Waals surface area contributed by atoms with Gasteiger partial charge in [0.1, 0.15) is 0 Å². The van der Waals surface area contributed by atoms with E-state index in [1.165, 1.54) is 18.2 Å². The number of imide groups is 1. The lowest BCUT2D eigenvalue weighted by atomic mass is 9.90. The number of carbonyl (C=O) groups excluding carboxylic acids is 2. The fraction of sp³-hybridized carbons (Fsp3) is 0.158. The summed E-state index contributed by atoms with van der Waals surface area (Å²) in [7, 11) is 0. The molecule has 2 aliphatic rings. The van der Waals surface area contributed by atoms with Crippen LogP contribution in [0.5, 0.6) is 0 Å². The Balaban J connectivity index is 1.86. The predicted molar refractivity (Wildman–Crippen MR) is 89.1 cm³/mol. The summed E-state index contributed by atoms with van der Waals surface area (Å²) in [6, 6.07) is 13.7. The fourth-order valence-electron chi connectivity index (χ4n) is 3.39. The van der Waals surface area contributed by atoms with E-state index in [0.717, 1.165) is 6.08 Å². The van der Waals surface area contributed by atoms with E-state index in [-0.39, 0.29) is 12.2 Å². The number of hydrogen-bond donors (Lipinski definition) is 0. The second-order valence-corrected chi connectivity index (χ2v) is 6.15.